The molecular weight excluding hydrogens is 196 g/mol. The lowest BCUT2D eigenvalue weighted by Crippen LogP contribution is -2.18. The summed E-state index contributed by atoms with van der Waals surface area (Å²) in [5.41, 5.74) is 3.75. The summed E-state index contributed by atoms with van der Waals surface area (Å²) >= 11 is 0. The Morgan fingerprint density at radius 2 is 2.06 bits per heavy atom. The molecule has 1 heterocycles. The molecule has 1 N–H and O–H groups in total. The van der Waals surface area contributed by atoms with E-state index in [9.17, 15) is 0 Å². The van der Waals surface area contributed by atoms with Gasteiger partial charge in [-0.1, -0.05) is 32.3 Å². The summed E-state index contributed by atoms with van der Waals surface area (Å²) in [5.74, 6) is 0. The van der Waals surface area contributed by atoms with Gasteiger partial charge in [0.2, 0.25) is 0 Å². The number of nitrogens with one attached hydrogen (secondary N) is 1. The summed E-state index contributed by atoms with van der Waals surface area (Å²) in [7, 11) is 2.03. The van der Waals surface area contributed by atoms with Gasteiger partial charge in [0.1, 0.15) is 0 Å². The van der Waals surface area contributed by atoms with E-state index < -0.39 is 0 Å². The number of nitrogens with zero attached hydrogens (tertiary/aromatic N) is 1. The van der Waals surface area contributed by atoms with Crippen LogP contribution in [0.1, 0.15) is 55.5 Å². The van der Waals surface area contributed by atoms with E-state index in [0.717, 1.165) is 0 Å². The molecule has 2 heteroatoms. The van der Waals surface area contributed by atoms with Crippen LogP contribution in [0.5, 0.6) is 0 Å². The fraction of sp³-hybridized carbons (Fsp3) is 0.643. The minimum absolute atomic E-state index is 0.409. The molecule has 1 aromatic rings. The number of hydrogen-bond donors (Lipinski definition) is 1. The molecule has 1 aromatic heterocycles. The average Bonchev–Trinajstić information content (AvgIpc) is 2.26. The molecule has 0 fully saturated rings. The van der Waals surface area contributed by atoms with Gasteiger partial charge in [-0.25, -0.2) is 0 Å². The van der Waals surface area contributed by atoms with Gasteiger partial charge in [0.15, 0.2) is 0 Å². The van der Waals surface area contributed by atoms with Crippen molar-refractivity contribution >= 4 is 0 Å². The maximum atomic E-state index is 4.57. The van der Waals surface area contributed by atoms with Gasteiger partial charge in [0.05, 0.1) is 5.69 Å². The van der Waals surface area contributed by atoms with Gasteiger partial charge in [0.25, 0.3) is 0 Å². The maximum absolute atomic E-state index is 4.57. The van der Waals surface area contributed by atoms with Crippen LogP contribution in [0.4, 0.5) is 0 Å². The Balaban J connectivity index is 2.70. The van der Waals surface area contributed by atoms with Gasteiger partial charge in [-0.2, -0.15) is 0 Å². The second-order valence-electron chi connectivity index (χ2n) is 4.55. The Labute approximate surface area is 99.5 Å². The first-order valence-corrected chi connectivity index (χ1v) is 6.29. The predicted molar refractivity (Wildman–Crippen MR) is 69.7 cm³/mol. The molecule has 0 aliphatic rings. The molecule has 1 unspecified atom stereocenters. The largest absolute Gasteiger partial charge is 0.312 e. The number of pyridine rings is 1. The van der Waals surface area contributed by atoms with E-state index in [0.29, 0.717) is 6.04 Å². The van der Waals surface area contributed by atoms with Crippen molar-refractivity contribution in [3.63, 3.8) is 0 Å². The highest BCUT2D eigenvalue weighted by Crippen LogP contribution is 2.21. The van der Waals surface area contributed by atoms with Crippen LogP contribution in [-0.4, -0.2) is 12.0 Å². The van der Waals surface area contributed by atoms with Gasteiger partial charge >= 0.3 is 0 Å². The lowest BCUT2D eigenvalue weighted by molar-refractivity contribution is 0.499. The number of hydrogen-bond acceptors (Lipinski definition) is 2. The van der Waals surface area contributed by atoms with Crippen LogP contribution in [-0.2, 0) is 0 Å². The Hall–Kier alpha value is -0.890. The van der Waals surface area contributed by atoms with Crippen LogP contribution in [0.15, 0.2) is 12.3 Å². The predicted octanol–water partition coefficient (Wildman–Crippen LogP) is 3.54. The minimum Gasteiger partial charge on any atom is -0.312 e. The third kappa shape index (κ3) is 3.60. The zero-order chi connectivity index (χ0) is 12.0. The van der Waals surface area contributed by atoms with Gasteiger partial charge in [-0.05, 0) is 38.4 Å². The molecule has 16 heavy (non-hydrogen) atoms. The van der Waals surface area contributed by atoms with Crippen molar-refractivity contribution < 1.29 is 0 Å². The summed E-state index contributed by atoms with van der Waals surface area (Å²) in [6.07, 6.45) is 7.00. The second kappa shape index (κ2) is 6.64. The fourth-order valence-corrected chi connectivity index (χ4v) is 2.11. The Kier molecular flexibility index (Phi) is 5.47. The Bertz CT molecular complexity index is 321. The third-order valence-corrected chi connectivity index (χ3v) is 3.03. The van der Waals surface area contributed by atoms with E-state index in [1.807, 2.05) is 13.2 Å². The van der Waals surface area contributed by atoms with Crippen molar-refractivity contribution in [2.45, 2.75) is 52.5 Å². The molecule has 1 atom stereocenters. The number of aromatic nitrogens is 1. The van der Waals surface area contributed by atoms with Crippen LogP contribution in [0, 0.1) is 13.8 Å². The second-order valence-corrected chi connectivity index (χ2v) is 4.55. The maximum Gasteiger partial charge on any atom is 0.0602 e. The molecule has 0 aromatic carbocycles. The minimum atomic E-state index is 0.409. The Morgan fingerprint density at radius 3 is 2.62 bits per heavy atom. The molecule has 1 rings (SSSR count). The molecule has 0 spiro atoms. The number of unbranched alkanes of at least 4 members (excludes halogenated alkanes) is 2. The van der Waals surface area contributed by atoms with E-state index in [2.05, 4.69) is 37.1 Å². The van der Waals surface area contributed by atoms with Gasteiger partial charge in [-0.15, -0.1) is 0 Å². The molecule has 90 valence electrons. The highest BCUT2D eigenvalue weighted by atomic mass is 14.9. The monoisotopic (exact) mass is 220 g/mol. The van der Waals surface area contributed by atoms with Crippen molar-refractivity contribution in [3.05, 3.63) is 29.1 Å². The van der Waals surface area contributed by atoms with Crippen molar-refractivity contribution in [1.82, 2.24) is 10.3 Å². The number of rotatable bonds is 6. The lowest BCUT2D eigenvalue weighted by atomic mass is 10.0. The lowest BCUT2D eigenvalue weighted by Gasteiger charge is -2.17. The standard InChI is InChI=1S/C14H24N2/c1-5-6-7-8-13(15-4)14-12(3)9-11(2)10-16-14/h9-10,13,15H,5-8H2,1-4H3. The summed E-state index contributed by atoms with van der Waals surface area (Å²) in [4.78, 5) is 4.57. The van der Waals surface area contributed by atoms with Crippen molar-refractivity contribution in [2.24, 2.45) is 0 Å². The van der Waals surface area contributed by atoms with Crippen LogP contribution < -0.4 is 5.32 Å². The normalized spacial score (nSPS) is 12.8. The summed E-state index contributed by atoms with van der Waals surface area (Å²) in [6, 6.07) is 2.62. The molecule has 0 aliphatic carbocycles. The zero-order valence-electron chi connectivity index (χ0n) is 11.0. The highest BCUT2D eigenvalue weighted by Gasteiger charge is 2.12. The summed E-state index contributed by atoms with van der Waals surface area (Å²) in [6.45, 7) is 6.48. The third-order valence-electron chi connectivity index (χ3n) is 3.03. The van der Waals surface area contributed by atoms with E-state index in [-0.39, 0.29) is 0 Å². The van der Waals surface area contributed by atoms with Gasteiger partial charge in [-0.3, -0.25) is 4.98 Å². The van der Waals surface area contributed by atoms with Crippen molar-refractivity contribution in [2.75, 3.05) is 7.05 Å². The van der Waals surface area contributed by atoms with Crippen LogP contribution >= 0.6 is 0 Å². The topological polar surface area (TPSA) is 24.9 Å². The first-order chi connectivity index (χ1) is 7.69. The summed E-state index contributed by atoms with van der Waals surface area (Å²) < 4.78 is 0. The van der Waals surface area contributed by atoms with Crippen LogP contribution in [0.25, 0.3) is 0 Å². The molecule has 0 saturated carbocycles. The smallest absolute Gasteiger partial charge is 0.0602 e. The molecular formula is C14H24N2. The van der Waals surface area contributed by atoms with Crippen LogP contribution in [0.3, 0.4) is 0 Å². The van der Waals surface area contributed by atoms with Gasteiger partial charge < -0.3 is 5.32 Å². The molecule has 0 radical (unpaired) electrons. The molecule has 0 saturated heterocycles. The van der Waals surface area contributed by atoms with E-state index in [1.54, 1.807) is 0 Å². The molecule has 0 amide bonds. The van der Waals surface area contributed by atoms with Crippen molar-refractivity contribution in [3.8, 4) is 0 Å². The fourth-order valence-electron chi connectivity index (χ4n) is 2.11. The molecule has 0 bridgehead atoms. The molecule has 0 aliphatic heterocycles. The van der Waals surface area contributed by atoms with Gasteiger partial charge in [0, 0.05) is 12.2 Å². The highest BCUT2D eigenvalue weighted by molar-refractivity contribution is 5.25. The number of aryl methyl sites for hydroxylation is 2. The van der Waals surface area contributed by atoms with E-state index in [1.165, 1.54) is 42.5 Å². The molecule has 2 nitrogen and oxygen atoms in total. The van der Waals surface area contributed by atoms with Crippen molar-refractivity contribution in [1.29, 1.82) is 0 Å². The Morgan fingerprint density at radius 1 is 1.31 bits per heavy atom. The average molecular weight is 220 g/mol. The zero-order valence-corrected chi connectivity index (χ0v) is 11.0. The first kappa shape index (κ1) is 13.2. The van der Waals surface area contributed by atoms with E-state index in [4.69, 9.17) is 0 Å². The van der Waals surface area contributed by atoms with Crippen LogP contribution in [0.2, 0.25) is 0 Å². The quantitative estimate of drug-likeness (QED) is 0.742. The first-order valence-electron chi connectivity index (χ1n) is 6.29. The van der Waals surface area contributed by atoms with E-state index >= 15 is 0 Å². The summed E-state index contributed by atoms with van der Waals surface area (Å²) in [5, 5.41) is 3.38. The SMILES string of the molecule is CCCCCC(NC)c1ncc(C)cc1C.